The summed E-state index contributed by atoms with van der Waals surface area (Å²) in [5, 5.41) is 0. The van der Waals surface area contributed by atoms with Gasteiger partial charge in [-0.05, 0) is 46.8 Å². The van der Waals surface area contributed by atoms with Gasteiger partial charge in [0.15, 0.2) is 0 Å². The van der Waals surface area contributed by atoms with Crippen molar-refractivity contribution < 1.29 is 4.79 Å². The third kappa shape index (κ3) is 3.08. The fraction of sp³-hybridized carbons (Fsp3) is 0.929. The first-order chi connectivity index (χ1) is 8.08. The summed E-state index contributed by atoms with van der Waals surface area (Å²) in [6.45, 7) is 0.903. The number of hydrogen-bond donors (Lipinski definition) is 0. The van der Waals surface area contributed by atoms with E-state index in [1.54, 1.807) is 0 Å². The minimum Gasteiger partial charge on any atom is -0.309 e. The number of carbonyl (C=O) groups is 1. The van der Waals surface area contributed by atoms with E-state index in [-0.39, 0.29) is 0 Å². The summed E-state index contributed by atoms with van der Waals surface area (Å²) in [5.41, 5.74) is 0. The Morgan fingerprint density at radius 2 is 1.82 bits per heavy atom. The van der Waals surface area contributed by atoms with Gasteiger partial charge in [0, 0.05) is 31.0 Å². The van der Waals surface area contributed by atoms with Crippen molar-refractivity contribution in [3.05, 3.63) is 0 Å². The van der Waals surface area contributed by atoms with Crippen LogP contribution in [0.25, 0.3) is 0 Å². The monoisotopic (exact) mass is 238 g/mol. The predicted octanol–water partition coefficient (Wildman–Crippen LogP) is 1.77. The molecule has 2 aliphatic heterocycles. The van der Waals surface area contributed by atoms with E-state index in [0.717, 1.165) is 25.8 Å². The molecule has 2 fully saturated rings. The standard InChI is InChI=1S/C14H26N2O/c1-15(2)8-7-14(17)11-9-12-5-4-6-13(10-11)16(12)3/h11-13H,4-10H2,1-3H3. The van der Waals surface area contributed by atoms with Gasteiger partial charge in [0.05, 0.1) is 0 Å². The minimum absolute atomic E-state index is 0.349. The van der Waals surface area contributed by atoms with Crippen LogP contribution in [0.15, 0.2) is 0 Å². The highest BCUT2D eigenvalue weighted by atomic mass is 16.1. The maximum Gasteiger partial charge on any atom is 0.137 e. The first kappa shape index (κ1) is 13.0. The zero-order valence-electron chi connectivity index (χ0n) is 11.5. The first-order valence-corrected chi connectivity index (χ1v) is 6.97. The summed E-state index contributed by atoms with van der Waals surface area (Å²) in [5.74, 6) is 0.852. The normalized spacial score (nSPS) is 34.0. The van der Waals surface area contributed by atoms with Crippen LogP contribution in [0.5, 0.6) is 0 Å². The predicted molar refractivity (Wildman–Crippen MR) is 70.1 cm³/mol. The lowest BCUT2D eigenvalue weighted by atomic mass is 9.76. The number of fused-ring (bicyclic) bond motifs is 2. The van der Waals surface area contributed by atoms with Crippen molar-refractivity contribution in [3.8, 4) is 0 Å². The molecule has 0 aromatic heterocycles. The molecule has 2 atom stereocenters. The number of rotatable bonds is 4. The van der Waals surface area contributed by atoms with Crippen LogP contribution in [-0.2, 0) is 4.79 Å². The lowest BCUT2D eigenvalue weighted by Gasteiger charge is -2.46. The Kier molecular flexibility index (Phi) is 4.21. The van der Waals surface area contributed by atoms with Gasteiger partial charge in [0.2, 0.25) is 0 Å². The Morgan fingerprint density at radius 3 is 2.35 bits per heavy atom. The molecule has 2 rings (SSSR count). The third-order valence-electron chi connectivity index (χ3n) is 4.60. The summed E-state index contributed by atoms with van der Waals surface area (Å²) < 4.78 is 0. The fourth-order valence-electron chi connectivity index (χ4n) is 3.42. The highest BCUT2D eigenvalue weighted by Gasteiger charge is 2.38. The summed E-state index contributed by atoms with van der Waals surface area (Å²) in [4.78, 5) is 16.8. The maximum atomic E-state index is 12.2. The van der Waals surface area contributed by atoms with Crippen molar-refractivity contribution >= 4 is 5.78 Å². The van der Waals surface area contributed by atoms with Crippen LogP contribution in [0.2, 0.25) is 0 Å². The average Bonchev–Trinajstić information content (AvgIpc) is 2.25. The molecule has 2 bridgehead atoms. The lowest BCUT2D eigenvalue weighted by molar-refractivity contribution is -0.126. The largest absolute Gasteiger partial charge is 0.309 e. The highest BCUT2D eigenvalue weighted by molar-refractivity contribution is 5.81. The van der Waals surface area contributed by atoms with E-state index < -0.39 is 0 Å². The smallest absolute Gasteiger partial charge is 0.137 e. The van der Waals surface area contributed by atoms with Crippen LogP contribution in [0.4, 0.5) is 0 Å². The molecule has 2 saturated heterocycles. The second-order valence-corrected chi connectivity index (χ2v) is 6.09. The molecule has 17 heavy (non-hydrogen) atoms. The van der Waals surface area contributed by atoms with Gasteiger partial charge in [0.1, 0.15) is 5.78 Å². The highest BCUT2D eigenvalue weighted by Crippen LogP contribution is 2.36. The summed E-state index contributed by atoms with van der Waals surface area (Å²) in [6.07, 6.45) is 6.91. The molecule has 0 aromatic rings. The molecule has 2 aliphatic rings. The van der Waals surface area contributed by atoms with Crippen molar-refractivity contribution in [1.29, 1.82) is 0 Å². The van der Waals surface area contributed by atoms with Gasteiger partial charge in [-0.3, -0.25) is 4.79 Å². The molecular weight excluding hydrogens is 212 g/mol. The topological polar surface area (TPSA) is 23.6 Å². The molecule has 0 amide bonds. The van der Waals surface area contributed by atoms with E-state index in [1.165, 1.54) is 19.3 Å². The SMILES string of the molecule is CN(C)CCC(=O)C1CC2CCCC(C1)N2C. The van der Waals surface area contributed by atoms with E-state index in [2.05, 4.69) is 16.8 Å². The molecule has 2 heterocycles. The van der Waals surface area contributed by atoms with Gasteiger partial charge in [-0.2, -0.15) is 0 Å². The molecule has 98 valence electrons. The van der Waals surface area contributed by atoms with Crippen molar-refractivity contribution in [2.75, 3.05) is 27.7 Å². The number of Topliss-reactive ketones (excluding diaryl/α,β-unsaturated/α-hetero) is 1. The Hall–Kier alpha value is -0.410. The third-order valence-corrected chi connectivity index (χ3v) is 4.60. The van der Waals surface area contributed by atoms with Crippen LogP contribution in [-0.4, -0.2) is 55.4 Å². The van der Waals surface area contributed by atoms with Gasteiger partial charge in [-0.25, -0.2) is 0 Å². The molecule has 2 unspecified atom stereocenters. The average molecular weight is 238 g/mol. The quantitative estimate of drug-likeness (QED) is 0.746. The van der Waals surface area contributed by atoms with Crippen molar-refractivity contribution in [2.24, 2.45) is 5.92 Å². The minimum atomic E-state index is 0.349. The van der Waals surface area contributed by atoms with Crippen molar-refractivity contribution in [1.82, 2.24) is 9.80 Å². The number of piperidine rings is 2. The molecular formula is C14H26N2O. The van der Waals surface area contributed by atoms with Gasteiger partial charge in [-0.15, -0.1) is 0 Å². The van der Waals surface area contributed by atoms with Crippen LogP contribution in [0.3, 0.4) is 0 Å². The molecule has 0 aliphatic carbocycles. The Balaban J connectivity index is 1.88. The van der Waals surface area contributed by atoms with Gasteiger partial charge in [0.25, 0.3) is 0 Å². The van der Waals surface area contributed by atoms with E-state index in [4.69, 9.17) is 0 Å². The number of carbonyl (C=O) groups excluding carboxylic acids is 1. The van der Waals surface area contributed by atoms with E-state index in [0.29, 0.717) is 23.8 Å². The van der Waals surface area contributed by atoms with E-state index in [1.807, 2.05) is 14.1 Å². The Labute approximate surface area is 105 Å². The molecule has 0 aromatic carbocycles. The van der Waals surface area contributed by atoms with E-state index in [9.17, 15) is 4.79 Å². The zero-order valence-corrected chi connectivity index (χ0v) is 11.5. The van der Waals surface area contributed by atoms with Gasteiger partial charge in [-0.1, -0.05) is 6.42 Å². The lowest BCUT2D eigenvalue weighted by Crippen LogP contribution is -2.51. The number of ketones is 1. The van der Waals surface area contributed by atoms with Crippen LogP contribution < -0.4 is 0 Å². The first-order valence-electron chi connectivity index (χ1n) is 6.97. The van der Waals surface area contributed by atoms with E-state index >= 15 is 0 Å². The molecule has 3 nitrogen and oxygen atoms in total. The molecule has 0 spiro atoms. The second-order valence-electron chi connectivity index (χ2n) is 6.09. The zero-order chi connectivity index (χ0) is 12.4. The van der Waals surface area contributed by atoms with Crippen LogP contribution in [0.1, 0.15) is 38.5 Å². The second kappa shape index (κ2) is 5.49. The van der Waals surface area contributed by atoms with Crippen LogP contribution in [0, 0.1) is 5.92 Å². The summed E-state index contributed by atoms with van der Waals surface area (Å²) >= 11 is 0. The van der Waals surface area contributed by atoms with Gasteiger partial charge >= 0.3 is 0 Å². The number of hydrogen-bond acceptors (Lipinski definition) is 3. The Bertz CT molecular complexity index is 263. The summed E-state index contributed by atoms with van der Waals surface area (Å²) in [7, 11) is 6.32. The fourth-order valence-corrected chi connectivity index (χ4v) is 3.42. The Morgan fingerprint density at radius 1 is 1.24 bits per heavy atom. The van der Waals surface area contributed by atoms with Gasteiger partial charge < -0.3 is 9.80 Å². The maximum absolute atomic E-state index is 12.2. The molecule has 0 N–H and O–H groups in total. The molecule has 0 saturated carbocycles. The summed E-state index contributed by atoms with van der Waals surface area (Å²) in [6, 6.07) is 1.35. The van der Waals surface area contributed by atoms with Crippen molar-refractivity contribution in [3.63, 3.8) is 0 Å². The molecule has 3 heteroatoms. The molecule has 0 radical (unpaired) electrons. The number of nitrogens with zero attached hydrogens (tertiary/aromatic N) is 2. The van der Waals surface area contributed by atoms with Crippen LogP contribution >= 0.6 is 0 Å². The van der Waals surface area contributed by atoms with Crippen molar-refractivity contribution in [2.45, 2.75) is 50.6 Å².